The van der Waals surface area contributed by atoms with Crippen LogP contribution in [0.5, 0.6) is 5.75 Å². The molecule has 1 aromatic rings. The number of urea groups is 1. The van der Waals surface area contributed by atoms with Gasteiger partial charge in [-0.05, 0) is 57.1 Å². The first kappa shape index (κ1) is 18.0. The number of hydrogen-bond donors (Lipinski definition) is 0. The molecule has 1 heterocycles. The fourth-order valence-electron chi connectivity index (χ4n) is 3.32. The third-order valence-corrected chi connectivity index (χ3v) is 5.39. The van der Waals surface area contributed by atoms with E-state index in [0.717, 1.165) is 29.1 Å². The molecule has 2 amide bonds. The van der Waals surface area contributed by atoms with E-state index in [9.17, 15) is 4.79 Å². The summed E-state index contributed by atoms with van der Waals surface area (Å²) >= 11 is 1.66. The van der Waals surface area contributed by atoms with E-state index in [1.807, 2.05) is 29.2 Å². The molecule has 23 heavy (non-hydrogen) atoms. The lowest BCUT2D eigenvalue weighted by atomic mass is 9.98. The summed E-state index contributed by atoms with van der Waals surface area (Å²) in [5.74, 6) is 0.871. The normalized spacial score (nSPS) is 21.2. The van der Waals surface area contributed by atoms with Crippen LogP contribution in [0.3, 0.4) is 0 Å². The van der Waals surface area contributed by atoms with E-state index >= 15 is 0 Å². The first-order chi connectivity index (χ1) is 11.0. The van der Waals surface area contributed by atoms with Gasteiger partial charge in [-0.1, -0.05) is 6.07 Å². The van der Waals surface area contributed by atoms with Crippen LogP contribution >= 0.6 is 11.8 Å². The Labute approximate surface area is 144 Å². The molecule has 2 rings (SSSR count). The quantitative estimate of drug-likeness (QED) is 0.771. The van der Waals surface area contributed by atoms with Crippen molar-refractivity contribution in [2.24, 2.45) is 0 Å². The number of benzene rings is 1. The third kappa shape index (κ3) is 4.14. The molecule has 2 atom stereocenters. The lowest BCUT2D eigenvalue weighted by Gasteiger charge is -2.41. The number of hydrogen-bond acceptors (Lipinski definition) is 3. The van der Waals surface area contributed by atoms with Crippen LogP contribution in [0.2, 0.25) is 0 Å². The molecule has 1 fully saturated rings. The van der Waals surface area contributed by atoms with E-state index in [-0.39, 0.29) is 6.03 Å². The molecule has 0 N–H and O–H groups in total. The molecule has 0 spiro atoms. The molecule has 1 aliphatic rings. The number of amides is 2. The number of ether oxygens (including phenoxy) is 1. The smallest absolute Gasteiger partial charge is 0.320 e. The number of likely N-dealkylation sites (tertiary alicyclic amines) is 1. The average Bonchev–Trinajstić information content (AvgIpc) is 2.54. The molecule has 0 bridgehead atoms. The Hall–Kier alpha value is -1.36. The van der Waals surface area contributed by atoms with E-state index in [4.69, 9.17) is 4.74 Å². The molecule has 0 unspecified atom stereocenters. The zero-order chi connectivity index (χ0) is 17.0. The minimum atomic E-state index is 0.123. The summed E-state index contributed by atoms with van der Waals surface area (Å²) < 4.78 is 5.43. The topological polar surface area (TPSA) is 32.8 Å². The van der Waals surface area contributed by atoms with Crippen LogP contribution in [0.25, 0.3) is 0 Å². The highest BCUT2D eigenvalue weighted by molar-refractivity contribution is 7.98. The van der Waals surface area contributed by atoms with Gasteiger partial charge in [-0.3, -0.25) is 0 Å². The van der Waals surface area contributed by atoms with Crippen molar-refractivity contribution in [1.29, 1.82) is 0 Å². The molecular weight excluding hydrogens is 308 g/mol. The average molecular weight is 337 g/mol. The fourth-order valence-corrected chi connectivity index (χ4v) is 3.86. The zero-order valence-corrected chi connectivity index (χ0v) is 15.7. The van der Waals surface area contributed by atoms with Gasteiger partial charge < -0.3 is 14.5 Å². The Morgan fingerprint density at radius 1 is 1.35 bits per heavy atom. The molecular formula is C18H28N2O2S. The maximum atomic E-state index is 12.8. The van der Waals surface area contributed by atoms with E-state index < -0.39 is 0 Å². The predicted octanol–water partition coefficient (Wildman–Crippen LogP) is 4.23. The van der Waals surface area contributed by atoms with Crippen molar-refractivity contribution < 1.29 is 9.53 Å². The Morgan fingerprint density at radius 2 is 2.00 bits per heavy atom. The Bertz CT molecular complexity index is 540. The first-order valence-corrected chi connectivity index (χ1v) is 9.44. The number of carbonyl (C=O) groups is 1. The van der Waals surface area contributed by atoms with Gasteiger partial charge >= 0.3 is 6.03 Å². The summed E-state index contributed by atoms with van der Waals surface area (Å²) in [6, 6.07) is 6.92. The monoisotopic (exact) mass is 336 g/mol. The van der Waals surface area contributed by atoms with Gasteiger partial charge in [0.15, 0.2) is 0 Å². The van der Waals surface area contributed by atoms with Gasteiger partial charge in [-0.2, -0.15) is 0 Å². The number of carbonyl (C=O) groups excluding carboxylic acids is 1. The maximum absolute atomic E-state index is 12.8. The summed E-state index contributed by atoms with van der Waals surface area (Å²) in [7, 11) is 3.57. The predicted molar refractivity (Wildman–Crippen MR) is 96.3 cm³/mol. The molecule has 4 nitrogen and oxygen atoms in total. The summed E-state index contributed by atoms with van der Waals surface area (Å²) in [5, 5.41) is 0. The van der Waals surface area contributed by atoms with E-state index in [1.165, 1.54) is 6.42 Å². The van der Waals surface area contributed by atoms with Gasteiger partial charge in [0.25, 0.3) is 0 Å². The molecule has 1 saturated heterocycles. The number of piperidine rings is 1. The van der Waals surface area contributed by atoms with Crippen LogP contribution in [-0.2, 0) is 6.54 Å². The highest BCUT2D eigenvalue weighted by Crippen LogP contribution is 2.29. The SMILES string of the molecule is COc1cc(CN(C)C(=O)N2[C@H](C)CCC[C@@H]2C)ccc1SC. The van der Waals surface area contributed by atoms with Crippen LogP contribution in [-0.4, -0.2) is 48.3 Å². The number of rotatable bonds is 4. The number of methoxy groups -OCH3 is 1. The summed E-state index contributed by atoms with van der Waals surface area (Å²) in [6.07, 6.45) is 5.44. The van der Waals surface area contributed by atoms with Gasteiger partial charge in [0.05, 0.1) is 7.11 Å². The number of thioether (sulfide) groups is 1. The van der Waals surface area contributed by atoms with E-state index in [1.54, 1.807) is 18.9 Å². The minimum Gasteiger partial charge on any atom is -0.496 e. The third-order valence-electron chi connectivity index (χ3n) is 4.61. The second-order valence-corrected chi connectivity index (χ2v) is 7.21. The largest absolute Gasteiger partial charge is 0.496 e. The highest BCUT2D eigenvalue weighted by Gasteiger charge is 2.30. The van der Waals surface area contributed by atoms with Crippen LogP contribution in [0, 0.1) is 0 Å². The van der Waals surface area contributed by atoms with Gasteiger partial charge in [0.2, 0.25) is 0 Å². The van der Waals surface area contributed by atoms with Crippen molar-refractivity contribution in [2.45, 2.75) is 56.6 Å². The van der Waals surface area contributed by atoms with Crippen LogP contribution in [0.15, 0.2) is 23.1 Å². The van der Waals surface area contributed by atoms with Crippen molar-refractivity contribution in [2.75, 3.05) is 20.4 Å². The lowest BCUT2D eigenvalue weighted by molar-refractivity contribution is 0.0968. The molecule has 0 aromatic heterocycles. The fraction of sp³-hybridized carbons (Fsp3) is 0.611. The van der Waals surface area contributed by atoms with Crippen LogP contribution in [0.1, 0.15) is 38.7 Å². The lowest BCUT2D eigenvalue weighted by Crippen LogP contribution is -2.52. The van der Waals surface area contributed by atoms with Crippen molar-refractivity contribution in [1.82, 2.24) is 9.80 Å². The second kappa shape index (κ2) is 7.95. The Morgan fingerprint density at radius 3 is 2.57 bits per heavy atom. The van der Waals surface area contributed by atoms with Gasteiger partial charge in [-0.25, -0.2) is 4.79 Å². The summed E-state index contributed by atoms with van der Waals surface area (Å²) in [4.78, 5) is 17.8. The number of nitrogens with zero attached hydrogens (tertiary/aromatic N) is 2. The highest BCUT2D eigenvalue weighted by atomic mass is 32.2. The summed E-state index contributed by atoms with van der Waals surface area (Å²) in [6.45, 7) is 4.90. The molecule has 0 radical (unpaired) electrons. The minimum absolute atomic E-state index is 0.123. The molecule has 128 valence electrons. The standard InChI is InChI=1S/C18H28N2O2S/c1-13-7-6-8-14(2)20(13)18(21)19(3)12-15-9-10-17(23-5)16(11-15)22-4/h9-11,13-14H,6-8,12H2,1-5H3/t13-,14+. The van der Waals surface area contributed by atoms with Crippen LogP contribution in [0.4, 0.5) is 4.79 Å². The van der Waals surface area contributed by atoms with Gasteiger partial charge in [0, 0.05) is 30.6 Å². The Kier molecular flexibility index (Phi) is 6.22. The molecule has 0 saturated carbocycles. The maximum Gasteiger partial charge on any atom is 0.320 e. The zero-order valence-electron chi connectivity index (χ0n) is 14.8. The molecule has 0 aliphatic carbocycles. The molecule has 1 aliphatic heterocycles. The summed E-state index contributed by atoms with van der Waals surface area (Å²) in [5.41, 5.74) is 1.09. The van der Waals surface area contributed by atoms with Crippen molar-refractivity contribution >= 4 is 17.8 Å². The second-order valence-electron chi connectivity index (χ2n) is 6.36. The van der Waals surface area contributed by atoms with Crippen molar-refractivity contribution in [3.8, 4) is 5.75 Å². The van der Waals surface area contributed by atoms with Crippen molar-refractivity contribution in [3.63, 3.8) is 0 Å². The molecule has 1 aromatic carbocycles. The Balaban J connectivity index is 2.08. The van der Waals surface area contributed by atoms with Crippen molar-refractivity contribution in [3.05, 3.63) is 23.8 Å². The van der Waals surface area contributed by atoms with Crippen LogP contribution < -0.4 is 4.74 Å². The molecule has 5 heteroatoms. The first-order valence-electron chi connectivity index (χ1n) is 8.22. The van der Waals surface area contributed by atoms with E-state index in [2.05, 4.69) is 26.0 Å². The van der Waals surface area contributed by atoms with E-state index in [0.29, 0.717) is 18.6 Å². The van der Waals surface area contributed by atoms with Gasteiger partial charge in [0.1, 0.15) is 5.75 Å². The van der Waals surface area contributed by atoms with Gasteiger partial charge in [-0.15, -0.1) is 11.8 Å².